The van der Waals surface area contributed by atoms with E-state index in [1.165, 1.54) is 35.2 Å². The molecule has 0 spiro atoms. The molecular weight excluding hydrogens is 524 g/mol. The van der Waals surface area contributed by atoms with Gasteiger partial charge < -0.3 is 10.6 Å². The number of rotatable bonds is 8. The van der Waals surface area contributed by atoms with Gasteiger partial charge in [0.25, 0.3) is 5.91 Å². The Morgan fingerprint density at radius 1 is 0.949 bits per heavy atom. The largest absolute Gasteiger partial charge is 0.352 e. The normalized spacial score (nSPS) is 15.7. The van der Waals surface area contributed by atoms with E-state index in [0.29, 0.717) is 17.1 Å². The number of carbonyl (C=O) groups excluding carboxylic acids is 3. The van der Waals surface area contributed by atoms with E-state index in [-0.39, 0.29) is 53.6 Å². The Hall–Kier alpha value is -4.38. The van der Waals surface area contributed by atoms with Gasteiger partial charge in [0.15, 0.2) is 5.17 Å². The van der Waals surface area contributed by atoms with Crippen LogP contribution in [0.5, 0.6) is 0 Å². The molecule has 3 amide bonds. The molecule has 0 saturated carbocycles. The van der Waals surface area contributed by atoms with E-state index >= 15 is 0 Å². The van der Waals surface area contributed by atoms with Crippen molar-refractivity contribution in [3.05, 3.63) is 95.6 Å². The van der Waals surface area contributed by atoms with Gasteiger partial charge in [0, 0.05) is 18.5 Å². The number of nitrogens with one attached hydrogen (secondary N) is 2. The van der Waals surface area contributed by atoms with Crippen LogP contribution in [0.2, 0.25) is 0 Å². The molecule has 3 aromatic carbocycles. The van der Waals surface area contributed by atoms with Gasteiger partial charge in [-0.05, 0) is 48.4 Å². The van der Waals surface area contributed by atoms with Gasteiger partial charge in [-0.15, -0.1) is 0 Å². The summed E-state index contributed by atoms with van der Waals surface area (Å²) in [5, 5.41) is 5.57. The standard InChI is InChI=1S/C28H23F2N5O3S/c29-18-11-9-17(10-12-18)15-31-24(36)14-13-23-27(38)35-26(33-23)19-5-1-3-7-21(19)34-28(35)39-16-25(37)32-22-8-4-2-6-20(22)30/h1-12,23H,13-16H2,(H,31,36)(H,32,37). The second kappa shape index (κ2) is 11.6. The Bertz CT molecular complexity index is 1490. The fraction of sp³-hybridized carbons (Fsp3) is 0.179. The topological polar surface area (TPSA) is 103 Å². The molecule has 1 unspecified atom stereocenters. The molecule has 8 nitrogen and oxygen atoms in total. The van der Waals surface area contributed by atoms with Crippen molar-refractivity contribution in [3.8, 4) is 0 Å². The molecule has 5 rings (SSSR count). The van der Waals surface area contributed by atoms with Crippen molar-refractivity contribution < 1.29 is 23.2 Å². The summed E-state index contributed by atoms with van der Waals surface area (Å²) in [5.41, 5.74) is 2.10. The molecule has 0 aromatic heterocycles. The zero-order valence-electron chi connectivity index (χ0n) is 20.6. The molecule has 2 heterocycles. The van der Waals surface area contributed by atoms with Crippen molar-refractivity contribution >= 4 is 51.9 Å². The van der Waals surface area contributed by atoms with E-state index < -0.39 is 17.8 Å². The van der Waals surface area contributed by atoms with Gasteiger partial charge in [-0.25, -0.2) is 18.7 Å². The predicted octanol–water partition coefficient (Wildman–Crippen LogP) is 4.39. The van der Waals surface area contributed by atoms with Crippen molar-refractivity contribution in [2.24, 2.45) is 9.98 Å². The number of nitrogens with zero attached hydrogens (tertiary/aromatic N) is 3. The van der Waals surface area contributed by atoms with Gasteiger partial charge in [0.1, 0.15) is 23.5 Å². The minimum atomic E-state index is -0.791. The van der Waals surface area contributed by atoms with Crippen LogP contribution in [0.1, 0.15) is 24.0 Å². The lowest BCUT2D eigenvalue weighted by atomic mass is 10.1. The third-order valence-corrected chi connectivity index (χ3v) is 7.01. The smallest absolute Gasteiger partial charge is 0.259 e. The van der Waals surface area contributed by atoms with Gasteiger partial charge >= 0.3 is 0 Å². The first-order chi connectivity index (χ1) is 18.9. The summed E-state index contributed by atoms with van der Waals surface area (Å²) >= 11 is 1.04. The number of thioether (sulfide) groups is 1. The highest BCUT2D eigenvalue weighted by Gasteiger charge is 2.41. The number of amidine groups is 2. The Labute approximate surface area is 227 Å². The van der Waals surface area contributed by atoms with Crippen LogP contribution in [0.15, 0.2) is 82.8 Å². The average Bonchev–Trinajstić information content (AvgIpc) is 3.28. The lowest BCUT2D eigenvalue weighted by Crippen LogP contribution is -2.41. The van der Waals surface area contributed by atoms with Gasteiger partial charge in [0.05, 0.1) is 17.1 Å². The lowest BCUT2D eigenvalue weighted by molar-refractivity contribution is -0.125. The van der Waals surface area contributed by atoms with Gasteiger partial charge in [0.2, 0.25) is 11.8 Å². The van der Waals surface area contributed by atoms with Crippen LogP contribution in [0.25, 0.3) is 0 Å². The lowest BCUT2D eigenvalue weighted by Gasteiger charge is -2.25. The van der Waals surface area contributed by atoms with E-state index in [2.05, 4.69) is 20.6 Å². The molecule has 0 bridgehead atoms. The van der Waals surface area contributed by atoms with Crippen LogP contribution in [-0.2, 0) is 20.9 Å². The van der Waals surface area contributed by atoms with Gasteiger partial charge in [-0.1, -0.05) is 48.2 Å². The summed E-state index contributed by atoms with van der Waals surface area (Å²) in [5.74, 6) is -1.65. The Balaban J connectivity index is 1.24. The van der Waals surface area contributed by atoms with Crippen LogP contribution in [-0.4, -0.2) is 45.4 Å². The first-order valence-electron chi connectivity index (χ1n) is 12.2. The predicted molar refractivity (Wildman–Crippen MR) is 146 cm³/mol. The maximum Gasteiger partial charge on any atom is 0.259 e. The van der Waals surface area contributed by atoms with Crippen molar-refractivity contribution in [2.75, 3.05) is 11.1 Å². The van der Waals surface area contributed by atoms with E-state index in [1.54, 1.807) is 24.3 Å². The maximum atomic E-state index is 13.9. The molecule has 2 aliphatic heterocycles. The number of para-hydroxylation sites is 2. The third kappa shape index (κ3) is 6.04. The summed E-state index contributed by atoms with van der Waals surface area (Å²) in [7, 11) is 0. The van der Waals surface area contributed by atoms with Crippen molar-refractivity contribution in [1.82, 2.24) is 10.2 Å². The van der Waals surface area contributed by atoms with Crippen LogP contribution in [0.4, 0.5) is 20.2 Å². The Morgan fingerprint density at radius 3 is 2.49 bits per heavy atom. The monoisotopic (exact) mass is 547 g/mol. The number of amides is 3. The molecule has 2 N–H and O–H groups in total. The quantitative estimate of drug-likeness (QED) is 0.437. The maximum absolute atomic E-state index is 13.9. The number of hydrogen-bond acceptors (Lipinski definition) is 6. The van der Waals surface area contributed by atoms with Crippen LogP contribution in [0, 0.1) is 11.6 Å². The van der Waals surface area contributed by atoms with E-state index in [9.17, 15) is 23.2 Å². The molecule has 0 fully saturated rings. The SMILES string of the molecule is O=C(CCC1N=C2c3ccccc3N=C(SCC(=O)Nc3ccccc3F)N2C1=O)NCc1ccc(F)cc1. The summed E-state index contributed by atoms with van der Waals surface area (Å²) in [6, 6.07) is 18.1. The number of fused-ring (bicyclic) bond motifs is 3. The van der Waals surface area contributed by atoms with E-state index in [4.69, 9.17) is 0 Å². The highest BCUT2D eigenvalue weighted by Crippen LogP contribution is 2.34. The number of carbonyl (C=O) groups is 3. The number of benzene rings is 3. The molecule has 0 aliphatic carbocycles. The first-order valence-corrected chi connectivity index (χ1v) is 13.2. The van der Waals surface area contributed by atoms with Crippen LogP contribution < -0.4 is 10.6 Å². The van der Waals surface area contributed by atoms with Crippen LogP contribution in [0.3, 0.4) is 0 Å². The molecule has 39 heavy (non-hydrogen) atoms. The number of aliphatic imine (C=N–C) groups is 2. The molecule has 11 heteroatoms. The molecule has 198 valence electrons. The minimum absolute atomic E-state index is 0.0640. The summed E-state index contributed by atoms with van der Waals surface area (Å²) in [4.78, 5) is 48.9. The third-order valence-electron chi connectivity index (χ3n) is 6.08. The number of hydrogen-bond donors (Lipinski definition) is 2. The van der Waals surface area contributed by atoms with E-state index in [0.717, 1.165) is 17.3 Å². The number of halogens is 2. The zero-order valence-corrected chi connectivity index (χ0v) is 21.4. The molecule has 0 saturated heterocycles. The van der Waals surface area contributed by atoms with Crippen molar-refractivity contribution in [2.45, 2.75) is 25.4 Å². The highest BCUT2D eigenvalue weighted by molar-refractivity contribution is 8.14. The summed E-state index contributed by atoms with van der Waals surface area (Å²) in [6.45, 7) is 0.244. The van der Waals surface area contributed by atoms with Crippen molar-refractivity contribution in [1.29, 1.82) is 0 Å². The Kier molecular flexibility index (Phi) is 7.78. The van der Waals surface area contributed by atoms with Gasteiger partial charge in [-0.2, -0.15) is 0 Å². The van der Waals surface area contributed by atoms with Gasteiger partial charge in [-0.3, -0.25) is 19.4 Å². The molecular formula is C28H23F2N5O3S. The first kappa shape index (κ1) is 26.2. The second-order valence-electron chi connectivity index (χ2n) is 8.81. The summed E-state index contributed by atoms with van der Waals surface area (Å²) < 4.78 is 27.0. The Morgan fingerprint density at radius 2 is 1.69 bits per heavy atom. The molecule has 2 aliphatic rings. The highest BCUT2D eigenvalue weighted by atomic mass is 32.2. The van der Waals surface area contributed by atoms with Crippen molar-refractivity contribution in [3.63, 3.8) is 0 Å². The summed E-state index contributed by atoms with van der Waals surface area (Å²) in [6.07, 6.45) is 0.247. The fourth-order valence-electron chi connectivity index (χ4n) is 4.13. The number of anilines is 1. The molecule has 1 atom stereocenters. The zero-order chi connectivity index (χ0) is 27.4. The average molecular weight is 548 g/mol. The molecule has 3 aromatic rings. The molecule has 0 radical (unpaired) electrons. The second-order valence-corrected chi connectivity index (χ2v) is 9.75. The fourth-order valence-corrected chi connectivity index (χ4v) is 4.93. The van der Waals surface area contributed by atoms with Crippen LogP contribution >= 0.6 is 11.8 Å². The minimum Gasteiger partial charge on any atom is -0.352 e. The van der Waals surface area contributed by atoms with E-state index in [1.807, 2.05) is 18.2 Å².